The Bertz CT molecular complexity index is 447. The molecule has 0 aromatic heterocycles. The topological polar surface area (TPSA) is 36.9 Å². The minimum absolute atomic E-state index is 0.779. The number of hydrogen-bond donors (Lipinski definition) is 1. The fourth-order valence-corrected chi connectivity index (χ4v) is 1.97. The number of nitrogens with one attached hydrogen (secondary N) is 1. The van der Waals surface area contributed by atoms with Gasteiger partial charge in [0.2, 0.25) is 0 Å². The Balaban J connectivity index is 2.56. The summed E-state index contributed by atoms with van der Waals surface area (Å²) in [5.41, 5.74) is 3.66. The van der Waals surface area contributed by atoms with Crippen LogP contribution in [0.15, 0.2) is 40.6 Å². The number of allylic oxidation sites excluding steroid dienone is 1. The van der Waals surface area contributed by atoms with Gasteiger partial charge >= 0.3 is 0 Å². The molecule has 0 saturated heterocycles. The number of benzene rings is 1. The molecule has 0 aliphatic carbocycles. The van der Waals surface area contributed by atoms with Crippen molar-refractivity contribution in [2.45, 2.75) is 27.3 Å². The van der Waals surface area contributed by atoms with E-state index in [-0.39, 0.29) is 0 Å². The van der Waals surface area contributed by atoms with Crippen molar-refractivity contribution >= 4 is 6.72 Å². The summed E-state index contributed by atoms with van der Waals surface area (Å²) in [5, 5.41) is 9.41. The van der Waals surface area contributed by atoms with Gasteiger partial charge in [-0.25, -0.2) is 0 Å². The Hall–Kier alpha value is -1.81. The monoisotopic (exact) mass is 275 g/mol. The van der Waals surface area contributed by atoms with Crippen LogP contribution in [-0.4, -0.2) is 31.9 Å². The molecule has 1 aromatic rings. The van der Waals surface area contributed by atoms with Gasteiger partial charge in [0.05, 0.1) is 7.11 Å². The molecule has 0 aliphatic rings. The lowest BCUT2D eigenvalue weighted by molar-refractivity contribution is 0.368. The third kappa shape index (κ3) is 4.70. The summed E-state index contributed by atoms with van der Waals surface area (Å²) in [7, 11) is 1.68. The molecule has 4 heteroatoms. The van der Waals surface area contributed by atoms with Crippen molar-refractivity contribution < 1.29 is 4.74 Å². The second-order valence-corrected chi connectivity index (χ2v) is 4.76. The van der Waals surface area contributed by atoms with E-state index in [1.165, 1.54) is 16.8 Å². The first kappa shape index (κ1) is 16.2. The van der Waals surface area contributed by atoms with E-state index in [2.05, 4.69) is 50.0 Å². The number of hydrazone groups is 1. The number of nitrogens with zero attached hydrogens (tertiary/aromatic N) is 2. The minimum Gasteiger partial charge on any atom is -0.497 e. The smallest absolute Gasteiger partial charge is 0.118 e. The molecular weight excluding hydrogens is 250 g/mol. The van der Waals surface area contributed by atoms with E-state index < -0.39 is 0 Å². The molecule has 0 aliphatic heterocycles. The number of likely N-dealkylation sites (N-methyl/N-ethyl adjacent to an activating group) is 1. The lowest BCUT2D eigenvalue weighted by Crippen LogP contribution is -2.27. The van der Waals surface area contributed by atoms with Gasteiger partial charge in [-0.05, 0) is 38.5 Å². The van der Waals surface area contributed by atoms with E-state index in [1.807, 2.05) is 17.1 Å². The van der Waals surface area contributed by atoms with Crippen LogP contribution in [0.5, 0.6) is 5.75 Å². The Kier molecular flexibility index (Phi) is 6.81. The molecule has 0 fully saturated rings. The van der Waals surface area contributed by atoms with Gasteiger partial charge in [-0.3, -0.25) is 5.01 Å². The third-order valence-electron chi connectivity index (χ3n) is 3.14. The molecule has 0 bridgehead atoms. The van der Waals surface area contributed by atoms with Gasteiger partial charge in [0, 0.05) is 32.0 Å². The minimum atomic E-state index is 0.779. The summed E-state index contributed by atoms with van der Waals surface area (Å²) in [4.78, 5) is 0. The number of methoxy groups -OCH3 is 1. The maximum atomic E-state index is 5.15. The summed E-state index contributed by atoms with van der Waals surface area (Å²) in [6, 6.07) is 8.08. The van der Waals surface area contributed by atoms with Crippen LogP contribution in [0.3, 0.4) is 0 Å². The second kappa shape index (κ2) is 8.38. The predicted octanol–water partition coefficient (Wildman–Crippen LogP) is 3.02. The zero-order valence-electron chi connectivity index (χ0n) is 12.9. The lowest BCUT2D eigenvalue weighted by Gasteiger charge is -2.22. The molecule has 4 nitrogen and oxygen atoms in total. The Labute approximate surface area is 122 Å². The van der Waals surface area contributed by atoms with E-state index >= 15 is 0 Å². The summed E-state index contributed by atoms with van der Waals surface area (Å²) in [5.74, 6) is 0.881. The molecule has 0 amide bonds. The first-order valence-electron chi connectivity index (χ1n) is 6.86. The number of ether oxygens (including phenoxy) is 1. The molecule has 0 heterocycles. The maximum Gasteiger partial charge on any atom is 0.118 e. The maximum absolute atomic E-state index is 5.15. The van der Waals surface area contributed by atoms with Crippen molar-refractivity contribution in [1.82, 2.24) is 10.3 Å². The van der Waals surface area contributed by atoms with Crippen LogP contribution in [0.2, 0.25) is 0 Å². The normalized spacial score (nSPS) is 10.0. The Morgan fingerprint density at radius 1 is 1.30 bits per heavy atom. The molecule has 0 radical (unpaired) electrons. The molecule has 0 spiro atoms. The molecular formula is C16H25N3O. The Morgan fingerprint density at radius 2 is 1.95 bits per heavy atom. The van der Waals surface area contributed by atoms with Crippen LogP contribution < -0.4 is 10.1 Å². The van der Waals surface area contributed by atoms with Crippen LogP contribution in [0.4, 0.5) is 0 Å². The highest BCUT2D eigenvalue weighted by Crippen LogP contribution is 2.12. The molecule has 1 aromatic carbocycles. The number of hydrogen-bond acceptors (Lipinski definition) is 4. The lowest BCUT2D eigenvalue weighted by atomic mass is 10.2. The molecule has 1 rings (SSSR count). The Morgan fingerprint density at radius 3 is 2.40 bits per heavy atom. The van der Waals surface area contributed by atoms with E-state index in [0.717, 1.165) is 25.4 Å². The van der Waals surface area contributed by atoms with Gasteiger partial charge in [0.15, 0.2) is 0 Å². The van der Waals surface area contributed by atoms with Crippen molar-refractivity contribution in [3.8, 4) is 5.75 Å². The predicted molar refractivity (Wildman–Crippen MR) is 85.0 cm³/mol. The quantitative estimate of drug-likeness (QED) is 0.585. The first-order chi connectivity index (χ1) is 9.62. The second-order valence-electron chi connectivity index (χ2n) is 4.76. The van der Waals surface area contributed by atoms with Crippen molar-refractivity contribution in [3.05, 3.63) is 41.1 Å². The van der Waals surface area contributed by atoms with E-state index in [9.17, 15) is 0 Å². The van der Waals surface area contributed by atoms with Crippen molar-refractivity contribution in [2.75, 3.05) is 20.2 Å². The molecule has 0 atom stereocenters. The highest BCUT2D eigenvalue weighted by molar-refractivity contribution is 5.27. The summed E-state index contributed by atoms with van der Waals surface area (Å²) in [6.07, 6.45) is 0. The van der Waals surface area contributed by atoms with Crippen LogP contribution in [0.25, 0.3) is 0 Å². The fraction of sp³-hybridized carbons (Fsp3) is 0.438. The standard InChI is InChI=1S/C16H25N3O/c1-6-19(17-4)16(13(2)3)12-18-11-14-7-9-15(20-5)10-8-14/h7-10,18H,4,6,11-12H2,1-3,5H3. The molecule has 0 saturated carbocycles. The first-order valence-corrected chi connectivity index (χ1v) is 6.86. The van der Waals surface area contributed by atoms with Crippen molar-refractivity contribution in [2.24, 2.45) is 5.10 Å². The summed E-state index contributed by atoms with van der Waals surface area (Å²) < 4.78 is 5.15. The van der Waals surface area contributed by atoms with Crippen LogP contribution in [0.1, 0.15) is 26.3 Å². The van der Waals surface area contributed by atoms with E-state index in [1.54, 1.807) is 7.11 Å². The average Bonchev–Trinajstić information content (AvgIpc) is 2.47. The van der Waals surface area contributed by atoms with Gasteiger partial charge in [-0.15, -0.1) is 0 Å². The van der Waals surface area contributed by atoms with Crippen molar-refractivity contribution in [1.29, 1.82) is 0 Å². The van der Waals surface area contributed by atoms with E-state index in [0.29, 0.717) is 0 Å². The zero-order chi connectivity index (χ0) is 15.0. The largest absolute Gasteiger partial charge is 0.497 e. The van der Waals surface area contributed by atoms with Gasteiger partial charge in [-0.1, -0.05) is 17.7 Å². The van der Waals surface area contributed by atoms with Crippen LogP contribution in [-0.2, 0) is 6.54 Å². The van der Waals surface area contributed by atoms with Crippen molar-refractivity contribution in [3.63, 3.8) is 0 Å². The summed E-state index contributed by atoms with van der Waals surface area (Å²) in [6.45, 7) is 12.3. The van der Waals surface area contributed by atoms with Crippen LogP contribution >= 0.6 is 0 Å². The summed E-state index contributed by atoms with van der Waals surface area (Å²) >= 11 is 0. The highest BCUT2D eigenvalue weighted by Gasteiger charge is 2.07. The molecule has 110 valence electrons. The number of rotatable bonds is 8. The third-order valence-corrected chi connectivity index (χ3v) is 3.14. The van der Waals surface area contributed by atoms with Gasteiger partial charge < -0.3 is 10.1 Å². The van der Waals surface area contributed by atoms with Gasteiger partial charge in [0.1, 0.15) is 5.75 Å². The van der Waals surface area contributed by atoms with E-state index in [4.69, 9.17) is 4.74 Å². The highest BCUT2D eigenvalue weighted by atomic mass is 16.5. The van der Waals surface area contributed by atoms with Gasteiger partial charge in [0.25, 0.3) is 0 Å². The van der Waals surface area contributed by atoms with Gasteiger partial charge in [-0.2, -0.15) is 5.10 Å². The molecule has 0 unspecified atom stereocenters. The van der Waals surface area contributed by atoms with Crippen LogP contribution in [0, 0.1) is 0 Å². The SMILES string of the molecule is C=NN(CC)C(CNCc1ccc(OC)cc1)=C(C)C. The molecule has 1 N–H and O–H groups in total. The zero-order valence-corrected chi connectivity index (χ0v) is 12.9. The molecule has 20 heavy (non-hydrogen) atoms. The average molecular weight is 275 g/mol. The fourth-order valence-electron chi connectivity index (χ4n) is 1.97.